The number of carbonyl (C=O) groups is 1. The molecule has 0 unspecified atom stereocenters. The maximum Gasteiger partial charge on any atom is 0.233 e. The molecule has 1 aliphatic heterocycles. The summed E-state index contributed by atoms with van der Waals surface area (Å²) in [5.41, 5.74) is 0. The third kappa shape index (κ3) is 1.61. The van der Waals surface area contributed by atoms with E-state index in [1.807, 2.05) is 13.8 Å². The second-order valence-electron chi connectivity index (χ2n) is 2.39. The number of amides is 1. The van der Waals surface area contributed by atoms with Gasteiger partial charge in [-0.05, 0) is 13.8 Å². The van der Waals surface area contributed by atoms with Crippen LogP contribution in [0.5, 0.6) is 0 Å². The third-order valence-electron chi connectivity index (χ3n) is 1.35. The van der Waals surface area contributed by atoms with Crippen molar-refractivity contribution in [3.05, 3.63) is 0 Å². The van der Waals surface area contributed by atoms with Gasteiger partial charge in [0, 0.05) is 11.8 Å². The molecular weight excluding hydrogens is 134 g/mol. The molecular formula is C6H11NOS. The standard InChI is InChI=1S/C6H11NOS/c1-4-3-9-5(2)6(8)7-4/h4-5H,3H2,1-2H3,(H,7,8)/t4-,5+/m1/s1. The van der Waals surface area contributed by atoms with E-state index in [4.69, 9.17) is 0 Å². The summed E-state index contributed by atoms with van der Waals surface area (Å²) in [5, 5.41) is 3.02. The van der Waals surface area contributed by atoms with Gasteiger partial charge in [-0.2, -0.15) is 0 Å². The van der Waals surface area contributed by atoms with Crippen LogP contribution in [-0.4, -0.2) is 23.0 Å². The molecule has 1 rings (SSSR count). The molecule has 1 heterocycles. The second kappa shape index (κ2) is 2.60. The van der Waals surface area contributed by atoms with Gasteiger partial charge in [-0.3, -0.25) is 4.79 Å². The van der Waals surface area contributed by atoms with Gasteiger partial charge in [0.15, 0.2) is 0 Å². The molecule has 1 N–H and O–H groups in total. The van der Waals surface area contributed by atoms with E-state index < -0.39 is 0 Å². The third-order valence-corrected chi connectivity index (χ3v) is 2.76. The number of thioether (sulfide) groups is 1. The van der Waals surface area contributed by atoms with Gasteiger partial charge in [0.1, 0.15) is 0 Å². The molecule has 0 radical (unpaired) electrons. The van der Waals surface area contributed by atoms with Gasteiger partial charge >= 0.3 is 0 Å². The van der Waals surface area contributed by atoms with E-state index in [1.165, 1.54) is 0 Å². The first-order valence-electron chi connectivity index (χ1n) is 3.12. The predicted octanol–water partition coefficient (Wildman–Crippen LogP) is 0.626. The smallest absolute Gasteiger partial charge is 0.233 e. The van der Waals surface area contributed by atoms with Crippen molar-refractivity contribution in [1.29, 1.82) is 0 Å². The van der Waals surface area contributed by atoms with Crippen molar-refractivity contribution < 1.29 is 4.79 Å². The minimum absolute atomic E-state index is 0.154. The van der Waals surface area contributed by atoms with E-state index in [-0.39, 0.29) is 11.2 Å². The van der Waals surface area contributed by atoms with Gasteiger partial charge in [0.05, 0.1) is 5.25 Å². The molecule has 9 heavy (non-hydrogen) atoms. The summed E-state index contributed by atoms with van der Waals surface area (Å²) in [5.74, 6) is 1.23. The van der Waals surface area contributed by atoms with Crippen LogP contribution in [0.15, 0.2) is 0 Å². The Morgan fingerprint density at radius 3 is 2.78 bits per heavy atom. The van der Waals surface area contributed by atoms with E-state index in [1.54, 1.807) is 11.8 Å². The molecule has 0 bridgehead atoms. The fourth-order valence-corrected chi connectivity index (χ4v) is 1.65. The molecule has 3 heteroatoms. The summed E-state index contributed by atoms with van der Waals surface area (Å²) in [4.78, 5) is 10.9. The molecule has 0 aromatic heterocycles. The van der Waals surface area contributed by atoms with Crippen molar-refractivity contribution in [3.8, 4) is 0 Å². The van der Waals surface area contributed by atoms with Crippen LogP contribution in [0, 0.1) is 0 Å². The van der Waals surface area contributed by atoms with E-state index in [0.29, 0.717) is 6.04 Å². The topological polar surface area (TPSA) is 29.1 Å². The molecule has 52 valence electrons. The lowest BCUT2D eigenvalue weighted by atomic mass is 10.3. The maximum atomic E-state index is 10.9. The summed E-state index contributed by atoms with van der Waals surface area (Å²) in [6.45, 7) is 3.96. The average molecular weight is 145 g/mol. The highest BCUT2D eigenvalue weighted by Gasteiger charge is 2.21. The van der Waals surface area contributed by atoms with Crippen LogP contribution in [0.3, 0.4) is 0 Å². The number of hydrogen-bond acceptors (Lipinski definition) is 2. The van der Waals surface area contributed by atoms with Crippen molar-refractivity contribution in [2.24, 2.45) is 0 Å². The van der Waals surface area contributed by atoms with Crippen molar-refractivity contribution in [2.75, 3.05) is 5.75 Å². The highest BCUT2D eigenvalue weighted by molar-refractivity contribution is 8.00. The zero-order chi connectivity index (χ0) is 6.85. The quantitative estimate of drug-likeness (QED) is 0.541. The number of carbonyl (C=O) groups excluding carboxylic acids is 1. The fourth-order valence-electron chi connectivity index (χ4n) is 0.766. The van der Waals surface area contributed by atoms with Crippen molar-refractivity contribution in [1.82, 2.24) is 5.32 Å². The first-order valence-corrected chi connectivity index (χ1v) is 4.17. The molecule has 1 amide bonds. The predicted molar refractivity (Wildman–Crippen MR) is 39.5 cm³/mol. The minimum Gasteiger partial charge on any atom is -0.352 e. The summed E-state index contributed by atoms with van der Waals surface area (Å²) in [6.07, 6.45) is 0. The molecule has 2 atom stereocenters. The van der Waals surface area contributed by atoms with Gasteiger partial charge < -0.3 is 5.32 Å². The summed E-state index contributed by atoms with van der Waals surface area (Å²) in [7, 11) is 0. The first-order chi connectivity index (χ1) is 4.20. The Hall–Kier alpha value is -0.180. The van der Waals surface area contributed by atoms with Gasteiger partial charge in [0.2, 0.25) is 5.91 Å². The number of nitrogens with one attached hydrogen (secondary N) is 1. The highest BCUT2D eigenvalue weighted by atomic mass is 32.2. The minimum atomic E-state index is 0.154. The zero-order valence-corrected chi connectivity index (χ0v) is 6.49. The molecule has 0 aromatic carbocycles. The fraction of sp³-hybridized carbons (Fsp3) is 0.833. The normalized spacial score (nSPS) is 36.0. The van der Waals surface area contributed by atoms with Gasteiger partial charge in [0.25, 0.3) is 0 Å². The Labute approximate surface area is 59.4 Å². The maximum absolute atomic E-state index is 10.9. The Balaban J connectivity index is 2.44. The van der Waals surface area contributed by atoms with Crippen LogP contribution in [0.1, 0.15) is 13.8 Å². The largest absolute Gasteiger partial charge is 0.352 e. The van der Waals surface area contributed by atoms with E-state index in [2.05, 4.69) is 5.32 Å². The summed E-state index contributed by atoms with van der Waals surface area (Å²) < 4.78 is 0. The molecule has 0 aliphatic carbocycles. The number of hydrogen-bond donors (Lipinski definition) is 1. The Morgan fingerprint density at radius 2 is 2.33 bits per heavy atom. The Bertz CT molecular complexity index is 126. The van der Waals surface area contributed by atoms with Crippen LogP contribution in [0.4, 0.5) is 0 Å². The molecule has 2 nitrogen and oxygen atoms in total. The molecule has 0 saturated carbocycles. The van der Waals surface area contributed by atoms with Gasteiger partial charge in [-0.1, -0.05) is 0 Å². The SMILES string of the molecule is C[C@@H]1CS[C@@H](C)C(=O)N1. The van der Waals surface area contributed by atoms with Crippen LogP contribution in [0.2, 0.25) is 0 Å². The van der Waals surface area contributed by atoms with Crippen LogP contribution in [-0.2, 0) is 4.79 Å². The molecule has 0 spiro atoms. The lowest BCUT2D eigenvalue weighted by Gasteiger charge is -2.23. The van der Waals surface area contributed by atoms with Crippen LogP contribution >= 0.6 is 11.8 Å². The van der Waals surface area contributed by atoms with E-state index in [9.17, 15) is 4.79 Å². The van der Waals surface area contributed by atoms with Crippen LogP contribution < -0.4 is 5.32 Å². The van der Waals surface area contributed by atoms with E-state index >= 15 is 0 Å². The van der Waals surface area contributed by atoms with Crippen molar-refractivity contribution in [2.45, 2.75) is 25.1 Å². The lowest BCUT2D eigenvalue weighted by Crippen LogP contribution is -2.43. The van der Waals surface area contributed by atoms with Crippen molar-refractivity contribution in [3.63, 3.8) is 0 Å². The van der Waals surface area contributed by atoms with Crippen molar-refractivity contribution >= 4 is 17.7 Å². The monoisotopic (exact) mass is 145 g/mol. The Kier molecular flexibility index (Phi) is 2.01. The van der Waals surface area contributed by atoms with E-state index in [0.717, 1.165) is 5.75 Å². The van der Waals surface area contributed by atoms with Gasteiger partial charge in [-0.25, -0.2) is 0 Å². The zero-order valence-electron chi connectivity index (χ0n) is 5.68. The average Bonchev–Trinajstić information content (AvgIpc) is 1.80. The number of rotatable bonds is 0. The lowest BCUT2D eigenvalue weighted by molar-refractivity contribution is -0.121. The highest BCUT2D eigenvalue weighted by Crippen LogP contribution is 2.16. The first kappa shape index (κ1) is 6.93. The summed E-state index contributed by atoms with van der Waals surface area (Å²) in [6, 6.07) is 0.360. The summed E-state index contributed by atoms with van der Waals surface area (Å²) >= 11 is 1.72. The molecule has 1 fully saturated rings. The molecule has 0 aromatic rings. The Morgan fingerprint density at radius 1 is 1.67 bits per heavy atom. The van der Waals surface area contributed by atoms with Gasteiger partial charge in [-0.15, -0.1) is 11.8 Å². The molecule has 1 saturated heterocycles. The molecule has 1 aliphatic rings. The van der Waals surface area contributed by atoms with Crippen LogP contribution in [0.25, 0.3) is 0 Å². The second-order valence-corrected chi connectivity index (χ2v) is 3.76.